The van der Waals surface area contributed by atoms with Crippen LogP contribution in [0.5, 0.6) is 0 Å². The molecule has 0 radical (unpaired) electrons. The van der Waals surface area contributed by atoms with E-state index >= 15 is 0 Å². The summed E-state index contributed by atoms with van der Waals surface area (Å²) in [6, 6.07) is 1.33. The third-order valence-electron chi connectivity index (χ3n) is 4.57. The molecule has 1 saturated heterocycles. The molecular weight excluding hydrogens is 224 g/mol. The average molecular weight is 254 g/mol. The molecule has 1 heterocycles. The van der Waals surface area contributed by atoms with Gasteiger partial charge in [0.25, 0.3) is 0 Å². The Hall–Kier alpha value is -0.120. The maximum atomic E-state index is 5.46. The van der Waals surface area contributed by atoms with E-state index in [1.807, 2.05) is 7.11 Å². The summed E-state index contributed by atoms with van der Waals surface area (Å²) in [6.07, 6.45) is 3.18. The van der Waals surface area contributed by atoms with Crippen molar-refractivity contribution in [2.24, 2.45) is 11.3 Å². The van der Waals surface area contributed by atoms with E-state index in [9.17, 15) is 0 Å². The molecule has 1 N–H and O–H groups in total. The fourth-order valence-corrected chi connectivity index (χ4v) is 2.97. The minimum absolute atomic E-state index is 0.336. The van der Waals surface area contributed by atoms with Crippen LogP contribution in [0.4, 0.5) is 0 Å². The molecule has 106 valence electrons. The van der Waals surface area contributed by atoms with E-state index in [4.69, 9.17) is 4.74 Å². The summed E-state index contributed by atoms with van der Waals surface area (Å²) in [7, 11) is 1.82. The van der Waals surface area contributed by atoms with Crippen LogP contribution >= 0.6 is 0 Å². The van der Waals surface area contributed by atoms with Crippen molar-refractivity contribution in [3.8, 4) is 0 Å². The number of nitrogens with one attached hydrogen (secondary N) is 1. The lowest BCUT2D eigenvalue weighted by atomic mass is 9.84. The van der Waals surface area contributed by atoms with Gasteiger partial charge >= 0.3 is 0 Å². The molecule has 0 aromatic heterocycles. The second kappa shape index (κ2) is 5.48. The summed E-state index contributed by atoms with van der Waals surface area (Å²) in [5.74, 6) is 0.933. The van der Waals surface area contributed by atoms with Crippen molar-refractivity contribution >= 4 is 0 Å². The smallest absolute Gasteiger partial charge is 0.0670 e. The first-order valence-electron chi connectivity index (χ1n) is 7.42. The highest BCUT2D eigenvalue weighted by molar-refractivity contribution is 4.98. The van der Waals surface area contributed by atoms with Crippen molar-refractivity contribution in [1.29, 1.82) is 0 Å². The Labute approximate surface area is 112 Å². The Kier molecular flexibility index (Phi) is 4.35. The fraction of sp³-hybridized carbons (Fsp3) is 1.00. The Morgan fingerprint density at radius 1 is 1.33 bits per heavy atom. The molecule has 2 aliphatic rings. The molecule has 3 heteroatoms. The Morgan fingerprint density at radius 2 is 2.00 bits per heavy atom. The number of methoxy groups -OCH3 is 1. The number of piperazine rings is 1. The molecule has 3 unspecified atom stereocenters. The Bertz CT molecular complexity index is 270. The molecule has 18 heavy (non-hydrogen) atoms. The SMILES string of the molecule is COC(C)CN1CC(C(C)(C)C)NCC1C1CC1. The zero-order valence-corrected chi connectivity index (χ0v) is 12.7. The van der Waals surface area contributed by atoms with Gasteiger partial charge in [0.15, 0.2) is 0 Å². The number of rotatable bonds is 4. The zero-order chi connectivity index (χ0) is 13.3. The summed E-state index contributed by atoms with van der Waals surface area (Å²) in [6.45, 7) is 12.6. The maximum Gasteiger partial charge on any atom is 0.0670 e. The van der Waals surface area contributed by atoms with E-state index < -0.39 is 0 Å². The van der Waals surface area contributed by atoms with Crippen molar-refractivity contribution in [3.63, 3.8) is 0 Å². The minimum Gasteiger partial charge on any atom is -0.380 e. The van der Waals surface area contributed by atoms with Crippen LogP contribution < -0.4 is 5.32 Å². The summed E-state index contributed by atoms with van der Waals surface area (Å²) in [5.41, 5.74) is 0.336. The summed E-state index contributed by atoms with van der Waals surface area (Å²) < 4.78 is 5.46. The first-order valence-corrected chi connectivity index (χ1v) is 7.42. The lowest BCUT2D eigenvalue weighted by Crippen LogP contribution is -2.61. The normalized spacial score (nSPS) is 32.5. The standard InChI is InChI=1S/C15H30N2O/c1-11(18-5)9-17-10-14(15(2,3)4)16-8-13(17)12-6-7-12/h11-14,16H,6-10H2,1-5H3. The predicted octanol–water partition coefficient (Wildman–Crippen LogP) is 2.12. The third-order valence-corrected chi connectivity index (χ3v) is 4.57. The largest absolute Gasteiger partial charge is 0.380 e. The molecular formula is C15H30N2O. The van der Waals surface area contributed by atoms with Crippen LogP contribution in [0.2, 0.25) is 0 Å². The molecule has 3 atom stereocenters. The van der Waals surface area contributed by atoms with Crippen molar-refractivity contribution < 1.29 is 4.74 Å². The van der Waals surface area contributed by atoms with Gasteiger partial charge in [-0.2, -0.15) is 0 Å². The van der Waals surface area contributed by atoms with E-state index in [1.54, 1.807) is 0 Å². The van der Waals surface area contributed by atoms with E-state index in [2.05, 4.69) is 37.9 Å². The summed E-state index contributed by atoms with van der Waals surface area (Å²) in [4.78, 5) is 2.68. The quantitative estimate of drug-likeness (QED) is 0.832. The topological polar surface area (TPSA) is 24.5 Å². The molecule has 0 spiro atoms. The monoisotopic (exact) mass is 254 g/mol. The lowest BCUT2D eigenvalue weighted by Gasteiger charge is -2.46. The van der Waals surface area contributed by atoms with Crippen LogP contribution in [0.3, 0.4) is 0 Å². The molecule has 0 aromatic carbocycles. The van der Waals surface area contributed by atoms with Gasteiger partial charge in [-0.25, -0.2) is 0 Å². The van der Waals surface area contributed by atoms with Gasteiger partial charge in [0.2, 0.25) is 0 Å². The van der Waals surface area contributed by atoms with Crippen molar-refractivity contribution in [3.05, 3.63) is 0 Å². The maximum absolute atomic E-state index is 5.46. The molecule has 1 aliphatic heterocycles. The average Bonchev–Trinajstić information content (AvgIpc) is 3.11. The van der Waals surface area contributed by atoms with Crippen LogP contribution in [0.25, 0.3) is 0 Å². The fourth-order valence-electron chi connectivity index (χ4n) is 2.97. The zero-order valence-electron chi connectivity index (χ0n) is 12.7. The third kappa shape index (κ3) is 3.46. The van der Waals surface area contributed by atoms with Crippen molar-refractivity contribution in [1.82, 2.24) is 10.2 Å². The van der Waals surface area contributed by atoms with Gasteiger partial charge in [-0.05, 0) is 31.1 Å². The highest BCUT2D eigenvalue weighted by Crippen LogP contribution is 2.37. The van der Waals surface area contributed by atoms with Crippen molar-refractivity contribution in [2.45, 2.75) is 58.7 Å². The van der Waals surface area contributed by atoms with Gasteiger partial charge in [0.1, 0.15) is 0 Å². The molecule has 2 fully saturated rings. The molecule has 2 rings (SSSR count). The molecule has 1 saturated carbocycles. The molecule has 1 aliphatic carbocycles. The first kappa shape index (κ1) is 14.3. The molecule has 0 aromatic rings. The van der Waals surface area contributed by atoms with Crippen LogP contribution in [-0.2, 0) is 4.74 Å². The Balaban J connectivity index is 1.98. The molecule has 0 bridgehead atoms. The molecule has 3 nitrogen and oxygen atoms in total. The first-order chi connectivity index (χ1) is 8.41. The second-order valence-electron chi connectivity index (χ2n) is 7.23. The Morgan fingerprint density at radius 3 is 2.50 bits per heavy atom. The summed E-state index contributed by atoms with van der Waals surface area (Å²) in [5, 5.41) is 3.77. The minimum atomic E-state index is 0.336. The number of ether oxygens (including phenoxy) is 1. The summed E-state index contributed by atoms with van der Waals surface area (Å²) >= 11 is 0. The molecule has 0 amide bonds. The van der Waals surface area contributed by atoms with Crippen LogP contribution in [0, 0.1) is 11.3 Å². The van der Waals surface area contributed by atoms with Gasteiger partial charge in [-0.3, -0.25) is 4.90 Å². The van der Waals surface area contributed by atoms with E-state index in [-0.39, 0.29) is 0 Å². The van der Waals surface area contributed by atoms with Crippen LogP contribution in [0.15, 0.2) is 0 Å². The van der Waals surface area contributed by atoms with E-state index in [0.29, 0.717) is 17.6 Å². The second-order valence-corrected chi connectivity index (χ2v) is 7.23. The van der Waals surface area contributed by atoms with Crippen LogP contribution in [-0.4, -0.2) is 49.8 Å². The lowest BCUT2D eigenvalue weighted by molar-refractivity contribution is 0.0200. The van der Waals surface area contributed by atoms with Gasteiger partial charge in [0.05, 0.1) is 6.10 Å². The number of hydrogen-bond donors (Lipinski definition) is 1. The highest BCUT2D eigenvalue weighted by Gasteiger charge is 2.41. The van der Waals surface area contributed by atoms with Gasteiger partial charge in [-0.1, -0.05) is 20.8 Å². The number of hydrogen-bond acceptors (Lipinski definition) is 3. The van der Waals surface area contributed by atoms with E-state index in [0.717, 1.165) is 25.0 Å². The number of nitrogens with zero attached hydrogens (tertiary/aromatic N) is 1. The highest BCUT2D eigenvalue weighted by atomic mass is 16.5. The van der Waals surface area contributed by atoms with Gasteiger partial charge < -0.3 is 10.1 Å². The van der Waals surface area contributed by atoms with E-state index in [1.165, 1.54) is 19.4 Å². The van der Waals surface area contributed by atoms with Crippen molar-refractivity contribution in [2.75, 3.05) is 26.7 Å². The predicted molar refractivity (Wildman–Crippen MR) is 75.8 cm³/mol. The van der Waals surface area contributed by atoms with Crippen LogP contribution in [0.1, 0.15) is 40.5 Å². The van der Waals surface area contributed by atoms with Gasteiger partial charge in [0, 0.05) is 38.8 Å². The van der Waals surface area contributed by atoms with Gasteiger partial charge in [-0.15, -0.1) is 0 Å².